The van der Waals surface area contributed by atoms with Gasteiger partial charge in [-0.05, 0) is 41.6 Å². The summed E-state index contributed by atoms with van der Waals surface area (Å²) in [7, 11) is 0. The van der Waals surface area contributed by atoms with Crippen molar-refractivity contribution in [1.29, 1.82) is 0 Å². The maximum atomic E-state index is 5.81. The number of hydroxylamine groups is 1. The molecule has 2 heteroatoms. The summed E-state index contributed by atoms with van der Waals surface area (Å²) < 4.78 is 0. The molecule has 0 amide bonds. The fourth-order valence-electron chi connectivity index (χ4n) is 4.38. The molecule has 0 aromatic heterocycles. The van der Waals surface area contributed by atoms with E-state index in [0.717, 1.165) is 5.92 Å². The Bertz CT molecular complexity index is 437. The summed E-state index contributed by atoms with van der Waals surface area (Å²) in [6.07, 6.45) is 4.08. The molecule has 2 aliphatic rings. The van der Waals surface area contributed by atoms with Crippen LogP contribution in [0.2, 0.25) is 0 Å². The molecule has 0 saturated heterocycles. The zero-order valence-corrected chi connectivity index (χ0v) is 12.3. The Morgan fingerprint density at radius 2 is 1.95 bits per heavy atom. The van der Waals surface area contributed by atoms with Crippen molar-refractivity contribution in [2.75, 3.05) is 0 Å². The van der Waals surface area contributed by atoms with E-state index >= 15 is 0 Å². The van der Waals surface area contributed by atoms with Gasteiger partial charge in [-0.25, -0.2) is 0 Å². The van der Waals surface area contributed by atoms with Gasteiger partial charge in [0, 0.05) is 6.04 Å². The van der Waals surface area contributed by atoms with Gasteiger partial charge in [0.15, 0.2) is 0 Å². The lowest BCUT2D eigenvalue weighted by Crippen LogP contribution is -2.50. The lowest BCUT2D eigenvalue weighted by molar-refractivity contribution is -0.0606. The van der Waals surface area contributed by atoms with Crippen LogP contribution in [-0.2, 0) is 11.4 Å². The molecule has 3 rings (SSSR count). The van der Waals surface area contributed by atoms with Crippen molar-refractivity contribution < 1.29 is 4.84 Å². The molecule has 2 bridgehead atoms. The Labute approximate surface area is 116 Å². The third kappa shape index (κ3) is 2.21. The van der Waals surface area contributed by atoms with Gasteiger partial charge in [0.2, 0.25) is 0 Å². The zero-order chi connectivity index (χ0) is 13.5. The minimum atomic E-state index is 0.351. The van der Waals surface area contributed by atoms with E-state index < -0.39 is 0 Å². The van der Waals surface area contributed by atoms with Crippen LogP contribution in [-0.4, -0.2) is 6.04 Å². The summed E-state index contributed by atoms with van der Waals surface area (Å²) >= 11 is 0. The first kappa shape index (κ1) is 13.1. The number of rotatable bonds is 4. The number of nitrogens with one attached hydrogen (secondary N) is 1. The quantitative estimate of drug-likeness (QED) is 0.827. The average Bonchev–Trinajstić information content (AvgIpc) is 2.86. The molecule has 3 atom stereocenters. The molecule has 0 heterocycles. The zero-order valence-electron chi connectivity index (χ0n) is 12.3. The molecule has 0 radical (unpaired) electrons. The second kappa shape index (κ2) is 4.60. The average molecular weight is 259 g/mol. The van der Waals surface area contributed by atoms with Crippen molar-refractivity contribution in [3.05, 3.63) is 35.9 Å². The van der Waals surface area contributed by atoms with E-state index in [-0.39, 0.29) is 0 Å². The highest BCUT2D eigenvalue weighted by molar-refractivity contribution is 5.14. The van der Waals surface area contributed by atoms with Crippen molar-refractivity contribution in [2.45, 2.75) is 52.7 Å². The van der Waals surface area contributed by atoms with E-state index in [9.17, 15) is 0 Å². The van der Waals surface area contributed by atoms with Crippen molar-refractivity contribution >= 4 is 0 Å². The summed E-state index contributed by atoms with van der Waals surface area (Å²) in [6, 6.07) is 10.8. The first-order chi connectivity index (χ1) is 9.02. The third-order valence-electron chi connectivity index (χ3n) is 5.55. The fourth-order valence-corrected chi connectivity index (χ4v) is 4.38. The highest BCUT2D eigenvalue weighted by Gasteiger charge is 2.59. The maximum absolute atomic E-state index is 5.81. The summed E-state index contributed by atoms with van der Waals surface area (Å²) in [6.45, 7) is 7.86. The van der Waals surface area contributed by atoms with Gasteiger partial charge in [-0.1, -0.05) is 51.1 Å². The molecule has 2 saturated carbocycles. The summed E-state index contributed by atoms with van der Waals surface area (Å²) in [5.74, 6) is 0.857. The van der Waals surface area contributed by atoms with Crippen LogP contribution in [0.25, 0.3) is 0 Å². The SMILES string of the molecule is CC12CCC(C1)C(C)(C)C2NOCc1ccccc1. The minimum Gasteiger partial charge on any atom is -0.297 e. The van der Waals surface area contributed by atoms with Crippen LogP contribution in [0, 0.1) is 16.7 Å². The largest absolute Gasteiger partial charge is 0.297 e. The lowest BCUT2D eigenvalue weighted by Gasteiger charge is -2.42. The van der Waals surface area contributed by atoms with E-state index in [2.05, 4.69) is 50.5 Å². The van der Waals surface area contributed by atoms with Crippen LogP contribution >= 0.6 is 0 Å². The molecule has 0 aliphatic heterocycles. The monoisotopic (exact) mass is 259 g/mol. The van der Waals surface area contributed by atoms with Gasteiger partial charge in [-0.3, -0.25) is 4.84 Å². The van der Waals surface area contributed by atoms with Crippen LogP contribution in [0.15, 0.2) is 30.3 Å². The van der Waals surface area contributed by atoms with Gasteiger partial charge in [0.05, 0.1) is 6.61 Å². The number of hydrogen-bond donors (Lipinski definition) is 1. The first-order valence-corrected chi connectivity index (χ1v) is 7.44. The Kier molecular flexibility index (Phi) is 3.18. The Morgan fingerprint density at radius 3 is 2.58 bits per heavy atom. The summed E-state index contributed by atoms with van der Waals surface area (Å²) in [4.78, 5) is 5.81. The Balaban J connectivity index is 1.61. The molecule has 3 unspecified atom stereocenters. The van der Waals surface area contributed by atoms with E-state index in [1.54, 1.807) is 0 Å². The first-order valence-electron chi connectivity index (χ1n) is 7.44. The minimum absolute atomic E-state index is 0.351. The van der Waals surface area contributed by atoms with Gasteiger partial charge in [-0.15, -0.1) is 0 Å². The fraction of sp³-hybridized carbons (Fsp3) is 0.647. The van der Waals surface area contributed by atoms with Crippen LogP contribution < -0.4 is 5.48 Å². The van der Waals surface area contributed by atoms with Gasteiger partial charge in [0.25, 0.3) is 0 Å². The van der Waals surface area contributed by atoms with E-state index in [0.29, 0.717) is 23.5 Å². The molecule has 1 aromatic rings. The maximum Gasteiger partial charge on any atom is 0.0933 e. The third-order valence-corrected chi connectivity index (χ3v) is 5.55. The number of fused-ring (bicyclic) bond motifs is 2. The molecule has 1 N–H and O–H groups in total. The van der Waals surface area contributed by atoms with Crippen molar-refractivity contribution in [3.8, 4) is 0 Å². The smallest absolute Gasteiger partial charge is 0.0933 e. The molecule has 2 aliphatic carbocycles. The topological polar surface area (TPSA) is 21.3 Å². The summed E-state index contributed by atoms with van der Waals surface area (Å²) in [5, 5.41) is 0. The van der Waals surface area contributed by atoms with Gasteiger partial charge in [-0.2, -0.15) is 5.48 Å². The molecule has 0 spiro atoms. The van der Waals surface area contributed by atoms with Crippen LogP contribution in [0.1, 0.15) is 45.6 Å². The van der Waals surface area contributed by atoms with Crippen LogP contribution in [0.4, 0.5) is 0 Å². The molecular weight excluding hydrogens is 234 g/mol. The van der Waals surface area contributed by atoms with Crippen molar-refractivity contribution in [3.63, 3.8) is 0 Å². The molecular formula is C17H25NO. The van der Waals surface area contributed by atoms with Crippen molar-refractivity contribution in [2.24, 2.45) is 16.7 Å². The molecule has 104 valence electrons. The van der Waals surface area contributed by atoms with Crippen LogP contribution in [0.5, 0.6) is 0 Å². The molecule has 2 nitrogen and oxygen atoms in total. The summed E-state index contributed by atoms with van der Waals surface area (Å²) in [5.41, 5.74) is 5.39. The predicted octanol–water partition coefficient (Wildman–Crippen LogP) is 3.92. The number of benzene rings is 1. The van der Waals surface area contributed by atoms with Gasteiger partial charge in [0.1, 0.15) is 0 Å². The Morgan fingerprint density at radius 1 is 1.21 bits per heavy atom. The molecule has 1 aromatic carbocycles. The van der Waals surface area contributed by atoms with Gasteiger partial charge >= 0.3 is 0 Å². The lowest BCUT2D eigenvalue weighted by atomic mass is 9.69. The van der Waals surface area contributed by atoms with Crippen LogP contribution in [0.3, 0.4) is 0 Å². The second-order valence-electron chi connectivity index (χ2n) is 7.24. The highest BCUT2D eigenvalue weighted by Crippen LogP contribution is 2.62. The van der Waals surface area contributed by atoms with Crippen molar-refractivity contribution in [1.82, 2.24) is 5.48 Å². The predicted molar refractivity (Wildman–Crippen MR) is 77.4 cm³/mol. The standard InChI is InChI=1S/C17H25NO/c1-16(2)14-9-10-17(3,11-14)15(16)18-19-12-13-7-5-4-6-8-13/h4-8,14-15,18H,9-12H2,1-3H3. The van der Waals surface area contributed by atoms with E-state index in [1.165, 1.54) is 24.8 Å². The molecule has 19 heavy (non-hydrogen) atoms. The Hall–Kier alpha value is -0.860. The second-order valence-corrected chi connectivity index (χ2v) is 7.24. The molecule has 2 fully saturated rings. The van der Waals surface area contributed by atoms with Gasteiger partial charge < -0.3 is 0 Å². The van der Waals surface area contributed by atoms with E-state index in [1.807, 2.05) is 6.07 Å². The number of hydrogen-bond acceptors (Lipinski definition) is 2. The highest BCUT2D eigenvalue weighted by atomic mass is 16.6. The normalized spacial score (nSPS) is 35.7. The van der Waals surface area contributed by atoms with E-state index in [4.69, 9.17) is 4.84 Å².